The molecule has 0 aliphatic carbocycles. The number of carbonyl (C=O) groups excluding carboxylic acids is 2. The van der Waals surface area contributed by atoms with Gasteiger partial charge in [-0.25, -0.2) is 0 Å². The van der Waals surface area contributed by atoms with Crippen molar-refractivity contribution in [1.29, 1.82) is 0 Å². The molecule has 0 spiro atoms. The lowest BCUT2D eigenvalue weighted by Crippen LogP contribution is -2.28. The number of rotatable bonds is 39. The Morgan fingerprint density at radius 1 is 0.449 bits per heavy atom. The van der Waals surface area contributed by atoms with Gasteiger partial charge in [0.2, 0.25) is 0 Å². The molecule has 0 amide bonds. The van der Waals surface area contributed by atoms with Crippen LogP contribution in [0.5, 0.6) is 0 Å². The van der Waals surface area contributed by atoms with E-state index in [1.165, 1.54) is 154 Å². The van der Waals surface area contributed by atoms with Crippen molar-refractivity contribution in [2.75, 3.05) is 13.2 Å². The van der Waals surface area contributed by atoms with Gasteiger partial charge in [-0.3, -0.25) is 9.59 Å². The monoisotopic (exact) mass is 691 g/mol. The van der Waals surface area contributed by atoms with Gasteiger partial charge in [-0.2, -0.15) is 0 Å². The van der Waals surface area contributed by atoms with Crippen LogP contribution in [0, 0.1) is 0 Å². The fourth-order valence-electron chi connectivity index (χ4n) is 6.22. The fourth-order valence-corrected chi connectivity index (χ4v) is 6.22. The minimum atomic E-state index is -0.781. The summed E-state index contributed by atoms with van der Waals surface area (Å²) in [5.41, 5.74) is 0. The Morgan fingerprint density at radius 3 is 1.22 bits per heavy atom. The summed E-state index contributed by atoms with van der Waals surface area (Å²) in [6, 6.07) is 0. The molecule has 0 rings (SSSR count). The number of unbranched alkanes of at least 4 members (excludes halogenated alkanes) is 27. The zero-order valence-electron chi connectivity index (χ0n) is 32.7. The molecule has 0 saturated heterocycles. The molecule has 1 N–H and O–H groups in total. The van der Waals surface area contributed by atoms with Crippen molar-refractivity contribution < 1.29 is 24.2 Å². The predicted octanol–water partition coefficient (Wildman–Crippen LogP) is 13.5. The van der Waals surface area contributed by atoms with E-state index in [-0.39, 0.29) is 25.2 Å². The third-order valence-electron chi connectivity index (χ3n) is 9.48. The normalized spacial score (nSPS) is 12.3. The highest BCUT2D eigenvalue weighted by atomic mass is 16.6. The van der Waals surface area contributed by atoms with Crippen LogP contribution in [-0.4, -0.2) is 36.4 Å². The molecule has 0 aliphatic heterocycles. The molecule has 0 unspecified atom stereocenters. The van der Waals surface area contributed by atoms with Gasteiger partial charge in [0.05, 0.1) is 6.61 Å². The van der Waals surface area contributed by atoms with Crippen LogP contribution in [0.4, 0.5) is 0 Å². The van der Waals surface area contributed by atoms with E-state index in [1.807, 2.05) is 0 Å². The Bertz CT molecular complexity index is 746. The quantitative estimate of drug-likeness (QED) is 0.0395. The molecule has 0 aromatic carbocycles. The lowest BCUT2D eigenvalue weighted by molar-refractivity contribution is -0.161. The van der Waals surface area contributed by atoms with Crippen LogP contribution < -0.4 is 0 Å². The van der Waals surface area contributed by atoms with E-state index in [2.05, 4.69) is 38.2 Å². The molecule has 49 heavy (non-hydrogen) atoms. The van der Waals surface area contributed by atoms with Gasteiger partial charge in [0.15, 0.2) is 6.10 Å². The molecule has 5 heteroatoms. The van der Waals surface area contributed by atoms with Crippen LogP contribution >= 0.6 is 0 Å². The summed E-state index contributed by atoms with van der Waals surface area (Å²) in [5.74, 6) is -0.632. The first-order valence-corrected chi connectivity index (χ1v) is 21.4. The van der Waals surface area contributed by atoms with Crippen molar-refractivity contribution in [1.82, 2.24) is 0 Å². The van der Waals surface area contributed by atoms with Crippen LogP contribution in [0.15, 0.2) is 24.3 Å². The molecular weight excluding hydrogens is 608 g/mol. The molecule has 0 heterocycles. The standard InChI is InChI=1S/C44H82O5/c1-3-5-7-9-11-13-15-17-18-19-20-21-22-23-24-25-26-27-29-30-32-34-36-38-43(46)48-41-42(40-45)49-44(47)39-37-35-33-31-28-16-14-12-10-8-6-4-2/h25-26,30,32,42,45H,3-24,27-29,31,33-41H2,1-2H3/b26-25+,32-30+/t42-/m0/s1. The first kappa shape index (κ1) is 47.4. The Hall–Kier alpha value is -1.62. The van der Waals surface area contributed by atoms with Crippen molar-refractivity contribution in [3.63, 3.8) is 0 Å². The van der Waals surface area contributed by atoms with Gasteiger partial charge in [0.1, 0.15) is 6.61 Å². The number of ether oxygens (including phenoxy) is 2. The van der Waals surface area contributed by atoms with Crippen molar-refractivity contribution in [2.24, 2.45) is 0 Å². The van der Waals surface area contributed by atoms with Crippen molar-refractivity contribution in [2.45, 2.75) is 232 Å². The molecule has 0 aliphatic rings. The van der Waals surface area contributed by atoms with Crippen LogP contribution in [0.3, 0.4) is 0 Å². The maximum Gasteiger partial charge on any atom is 0.306 e. The van der Waals surface area contributed by atoms with Crippen LogP contribution in [0.2, 0.25) is 0 Å². The molecule has 0 saturated carbocycles. The largest absolute Gasteiger partial charge is 0.462 e. The maximum absolute atomic E-state index is 12.1. The van der Waals surface area contributed by atoms with E-state index >= 15 is 0 Å². The number of carbonyl (C=O) groups is 2. The van der Waals surface area contributed by atoms with E-state index in [0.29, 0.717) is 12.8 Å². The van der Waals surface area contributed by atoms with Crippen LogP contribution in [-0.2, 0) is 19.1 Å². The van der Waals surface area contributed by atoms with Gasteiger partial charge in [-0.15, -0.1) is 0 Å². The first-order chi connectivity index (χ1) is 24.1. The summed E-state index contributed by atoms with van der Waals surface area (Å²) in [5, 5.41) is 9.54. The molecule has 0 bridgehead atoms. The van der Waals surface area contributed by atoms with E-state index in [0.717, 1.165) is 44.9 Å². The number of aliphatic hydroxyl groups excluding tert-OH is 1. The second-order valence-electron chi connectivity index (χ2n) is 14.4. The number of hydrogen-bond acceptors (Lipinski definition) is 5. The maximum atomic E-state index is 12.1. The molecule has 5 nitrogen and oxygen atoms in total. The van der Waals surface area contributed by atoms with E-state index in [9.17, 15) is 14.7 Å². The van der Waals surface area contributed by atoms with Gasteiger partial charge in [0.25, 0.3) is 0 Å². The van der Waals surface area contributed by atoms with E-state index < -0.39 is 6.10 Å². The molecular formula is C44H82O5. The van der Waals surface area contributed by atoms with E-state index in [4.69, 9.17) is 9.47 Å². The summed E-state index contributed by atoms with van der Waals surface area (Å²) >= 11 is 0. The Labute approximate surface area is 304 Å². The SMILES string of the molecule is CCCCCCCCCCCCCCCC/C=C/CC/C=C/CCCC(=O)OC[C@H](CO)OC(=O)CCCCCCCCCCCCCC. The highest BCUT2D eigenvalue weighted by molar-refractivity contribution is 5.70. The topological polar surface area (TPSA) is 72.8 Å². The summed E-state index contributed by atoms with van der Waals surface area (Å²) < 4.78 is 10.6. The Kier molecular flexibility index (Phi) is 39.5. The number of aliphatic hydroxyl groups is 1. The highest BCUT2D eigenvalue weighted by Gasteiger charge is 2.16. The van der Waals surface area contributed by atoms with E-state index in [1.54, 1.807) is 0 Å². The average molecular weight is 691 g/mol. The zero-order valence-corrected chi connectivity index (χ0v) is 32.7. The molecule has 0 aromatic rings. The van der Waals surface area contributed by atoms with Crippen molar-refractivity contribution in [3.8, 4) is 0 Å². The lowest BCUT2D eigenvalue weighted by Gasteiger charge is -2.15. The molecule has 288 valence electrons. The molecule has 0 aromatic heterocycles. The summed E-state index contributed by atoms with van der Waals surface area (Å²) in [6.45, 7) is 4.12. The minimum absolute atomic E-state index is 0.0823. The first-order valence-electron chi connectivity index (χ1n) is 21.4. The van der Waals surface area contributed by atoms with Gasteiger partial charge >= 0.3 is 11.9 Å². The van der Waals surface area contributed by atoms with Crippen molar-refractivity contribution >= 4 is 11.9 Å². The summed E-state index contributed by atoms with van der Waals surface area (Å²) in [4.78, 5) is 24.2. The number of esters is 2. The zero-order chi connectivity index (χ0) is 35.7. The minimum Gasteiger partial charge on any atom is -0.462 e. The smallest absolute Gasteiger partial charge is 0.306 e. The highest BCUT2D eigenvalue weighted by Crippen LogP contribution is 2.15. The Balaban J connectivity index is 3.54. The molecule has 0 fully saturated rings. The predicted molar refractivity (Wildman–Crippen MR) is 210 cm³/mol. The third kappa shape index (κ3) is 39.0. The number of hydrogen-bond donors (Lipinski definition) is 1. The molecule has 0 radical (unpaired) electrons. The number of allylic oxidation sites excluding steroid dienone is 4. The van der Waals surface area contributed by atoms with Gasteiger partial charge in [-0.05, 0) is 44.9 Å². The summed E-state index contributed by atoms with van der Waals surface area (Å²) in [6.07, 6.45) is 48.3. The van der Waals surface area contributed by atoms with Gasteiger partial charge in [-0.1, -0.05) is 192 Å². The van der Waals surface area contributed by atoms with Gasteiger partial charge in [0, 0.05) is 12.8 Å². The summed E-state index contributed by atoms with van der Waals surface area (Å²) in [7, 11) is 0. The fraction of sp³-hybridized carbons (Fsp3) is 0.864. The lowest BCUT2D eigenvalue weighted by atomic mass is 10.0. The van der Waals surface area contributed by atoms with Gasteiger partial charge < -0.3 is 14.6 Å². The Morgan fingerprint density at radius 2 is 0.796 bits per heavy atom. The molecule has 1 atom stereocenters. The second kappa shape index (κ2) is 40.8. The second-order valence-corrected chi connectivity index (χ2v) is 14.4. The van der Waals surface area contributed by atoms with Crippen LogP contribution in [0.1, 0.15) is 226 Å². The third-order valence-corrected chi connectivity index (χ3v) is 9.48. The van der Waals surface area contributed by atoms with Crippen molar-refractivity contribution in [3.05, 3.63) is 24.3 Å². The average Bonchev–Trinajstić information content (AvgIpc) is 3.10. The van der Waals surface area contributed by atoms with Crippen LogP contribution in [0.25, 0.3) is 0 Å².